The first-order valence-electron chi connectivity index (χ1n) is 9.79. The highest BCUT2D eigenvalue weighted by Crippen LogP contribution is 2.30. The predicted octanol–water partition coefficient (Wildman–Crippen LogP) is 3.84. The van der Waals surface area contributed by atoms with Gasteiger partial charge in [-0.1, -0.05) is 12.1 Å². The lowest BCUT2D eigenvalue weighted by atomic mass is 10.2. The summed E-state index contributed by atoms with van der Waals surface area (Å²) < 4.78 is 16.6. The zero-order chi connectivity index (χ0) is 21.1. The minimum atomic E-state index is -0.721. The van der Waals surface area contributed by atoms with Crippen LogP contribution in [0.3, 0.4) is 0 Å². The molecule has 1 atom stereocenters. The van der Waals surface area contributed by atoms with Gasteiger partial charge in [0.25, 0.3) is 0 Å². The van der Waals surface area contributed by atoms with Crippen molar-refractivity contribution in [3.63, 3.8) is 0 Å². The van der Waals surface area contributed by atoms with Crippen molar-refractivity contribution in [1.29, 1.82) is 0 Å². The van der Waals surface area contributed by atoms with E-state index in [1.54, 1.807) is 7.11 Å². The summed E-state index contributed by atoms with van der Waals surface area (Å²) in [6.45, 7) is 7.53. The Morgan fingerprint density at radius 2 is 1.90 bits per heavy atom. The summed E-state index contributed by atoms with van der Waals surface area (Å²) >= 11 is 0. The zero-order valence-corrected chi connectivity index (χ0v) is 20.3. The summed E-state index contributed by atoms with van der Waals surface area (Å²) in [5, 5.41) is 16.6. The van der Waals surface area contributed by atoms with E-state index in [0.717, 1.165) is 17.0 Å². The Morgan fingerprint density at radius 3 is 2.57 bits per heavy atom. The Morgan fingerprint density at radius 1 is 1.10 bits per heavy atom. The normalized spacial score (nSPS) is 11.8. The lowest BCUT2D eigenvalue weighted by molar-refractivity contribution is 0.114. The lowest BCUT2D eigenvalue weighted by Crippen LogP contribution is -2.32. The molecule has 0 aliphatic heterocycles. The highest BCUT2D eigenvalue weighted by molar-refractivity contribution is 14.0. The number of aliphatic hydroxyl groups is 1. The van der Waals surface area contributed by atoms with Crippen LogP contribution >= 0.6 is 24.0 Å². The third-order valence-electron chi connectivity index (χ3n) is 3.96. The maximum atomic E-state index is 10.2. The van der Waals surface area contributed by atoms with E-state index in [-0.39, 0.29) is 37.1 Å². The van der Waals surface area contributed by atoms with Gasteiger partial charge in [0.1, 0.15) is 18.5 Å². The number of nitrogens with one attached hydrogen (secondary N) is 2. The number of anilines is 1. The fourth-order valence-electron chi connectivity index (χ4n) is 2.61. The molecule has 166 valence electrons. The van der Waals surface area contributed by atoms with Gasteiger partial charge in [-0.3, -0.25) is 4.99 Å². The quantitative estimate of drug-likeness (QED) is 0.247. The van der Waals surface area contributed by atoms with Crippen molar-refractivity contribution >= 4 is 35.6 Å². The number of benzene rings is 2. The van der Waals surface area contributed by atoms with E-state index in [2.05, 4.69) is 15.6 Å². The molecule has 2 aromatic rings. The van der Waals surface area contributed by atoms with Crippen molar-refractivity contribution in [2.75, 3.05) is 38.7 Å². The number of aliphatic imine (C=N–C) groups is 1. The molecule has 0 radical (unpaired) electrons. The Labute approximate surface area is 195 Å². The topological polar surface area (TPSA) is 84.3 Å². The van der Waals surface area contributed by atoms with Crippen LogP contribution in [0.5, 0.6) is 17.2 Å². The van der Waals surface area contributed by atoms with Gasteiger partial charge < -0.3 is 30.0 Å². The Balaban J connectivity index is 0.00000450. The van der Waals surface area contributed by atoms with E-state index in [1.807, 2.05) is 63.2 Å². The third kappa shape index (κ3) is 8.66. The molecule has 0 saturated carbocycles. The van der Waals surface area contributed by atoms with Gasteiger partial charge in [-0.15, -0.1) is 24.0 Å². The van der Waals surface area contributed by atoms with Crippen LogP contribution in [0, 0.1) is 6.92 Å². The van der Waals surface area contributed by atoms with Gasteiger partial charge >= 0.3 is 0 Å². The molecule has 0 saturated heterocycles. The van der Waals surface area contributed by atoms with Crippen LogP contribution in [-0.4, -0.2) is 50.6 Å². The first kappa shape index (κ1) is 25.8. The second-order valence-electron chi connectivity index (χ2n) is 6.42. The number of rotatable bonds is 10. The summed E-state index contributed by atoms with van der Waals surface area (Å²) in [5.41, 5.74) is 1.91. The molecule has 0 aliphatic carbocycles. The largest absolute Gasteiger partial charge is 0.493 e. The SMILES string of the molecule is CCNC(=NCC(O)COc1cccc(C)c1)Nc1ccc(OCC)c(OC)c1.I. The third-order valence-corrected chi connectivity index (χ3v) is 3.96. The van der Waals surface area contributed by atoms with Crippen LogP contribution < -0.4 is 24.8 Å². The average Bonchev–Trinajstić information content (AvgIpc) is 2.72. The number of ether oxygens (including phenoxy) is 3. The Kier molecular flexibility index (Phi) is 12.0. The van der Waals surface area contributed by atoms with Crippen LogP contribution in [0.15, 0.2) is 47.5 Å². The van der Waals surface area contributed by atoms with E-state index in [4.69, 9.17) is 14.2 Å². The molecule has 2 aromatic carbocycles. The van der Waals surface area contributed by atoms with Gasteiger partial charge in [-0.2, -0.15) is 0 Å². The summed E-state index contributed by atoms with van der Waals surface area (Å²) in [6, 6.07) is 13.3. The molecular weight excluding hydrogens is 497 g/mol. The van der Waals surface area contributed by atoms with E-state index >= 15 is 0 Å². The van der Waals surface area contributed by atoms with Crippen LogP contribution in [0.1, 0.15) is 19.4 Å². The molecule has 0 aromatic heterocycles. The molecule has 0 amide bonds. The summed E-state index contributed by atoms with van der Waals surface area (Å²) in [6.07, 6.45) is -0.721. The number of nitrogens with zero attached hydrogens (tertiary/aromatic N) is 1. The maximum Gasteiger partial charge on any atom is 0.195 e. The molecule has 30 heavy (non-hydrogen) atoms. The van der Waals surface area contributed by atoms with Crippen LogP contribution in [0.4, 0.5) is 5.69 Å². The van der Waals surface area contributed by atoms with E-state index in [0.29, 0.717) is 30.6 Å². The molecule has 0 bridgehead atoms. The number of guanidine groups is 1. The molecular formula is C22H32IN3O4. The highest BCUT2D eigenvalue weighted by atomic mass is 127. The Bertz CT molecular complexity index is 802. The monoisotopic (exact) mass is 529 g/mol. The number of methoxy groups -OCH3 is 1. The van der Waals surface area contributed by atoms with Gasteiger partial charge in [0.15, 0.2) is 17.5 Å². The van der Waals surface area contributed by atoms with E-state index < -0.39 is 6.10 Å². The van der Waals surface area contributed by atoms with Gasteiger partial charge in [-0.25, -0.2) is 0 Å². The van der Waals surface area contributed by atoms with E-state index in [9.17, 15) is 5.11 Å². The van der Waals surface area contributed by atoms with Crippen molar-refractivity contribution in [1.82, 2.24) is 5.32 Å². The van der Waals surface area contributed by atoms with Crippen LogP contribution in [0.25, 0.3) is 0 Å². The van der Waals surface area contributed by atoms with E-state index in [1.165, 1.54) is 0 Å². The number of aliphatic hydroxyl groups excluding tert-OH is 1. The molecule has 0 fully saturated rings. The first-order valence-corrected chi connectivity index (χ1v) is 9.79. The van der Waals surface area contributed by atoms with Gasteiger partial charge in [0.2, 0.25) is 0 Å². The fourth-order valence-corrected chi connectivity index (χ4v) is 2.61. The average molecular weight is 529 g/mol. The van der Waals surface area contributed by atoms with Crippen molar-refractivity contribution in [3.05, 3.63) is 48.0 Å². The molecule has 1 unspecified atom stereocenters. The standard InChI is InChI=1S/C22H31N3O4.HI/c1-5-23-22(25-17-10-11-20(28-6-2)21(13-17)27-4)24-14-18(26)15-29-19-9-7-8-16(3)12-19;/h7-13,18,26H,5-6,14-15H2,1-4H3,(H2,23,24,25);1H. The van der Waals surface area contributed by atoms with Gasteiger partial charge in [0, 0.05) is 18.3 Å². The molecule has 0 spiro atoms. The molecule has 7 nitrogen and oxygen atoms in total. The van der Waals surface area contributed by atoms with Crippen LogP contribution in [0.2, 0.25) is 0 Å². The molecule has 0 heterocycles. The number of hydrogen-bond acceptors (Lipinski definition) is 5. The molecule has 2 rings (SSSR count). The second-order valence-corrected chi connectivity index (χ2v) is 6.42. The first-order chi connectivity index (χ1) is 14.0. The van der Waals surface area contributed by atoms with Gasteiger partial charge in [0.05, 0.1) is 20.3 Å². The minimum absolute atomic E-state index is 0. The lowest BCUT2D eigenvalue weighted by Gasteiger charge is -2.15. The Hall–Kier alpha value is -2.20. The highest BCUT2D eigenvalue weighted by Gasteiger charge is 2.09. The summed E-state index contributed by atoms with van der Waals surface area (Å²) in [5.74, 6) is 2.62. The molecule has 0 aliphatic rings. The number of aryl methyl sites for hydroxylation is 1. The smallest absolute Gasteiger partial charge is 0.195 e. The van der Waals surface area contributed by atoms with Crippen molar-refractivity contribution in [3.8, 4) is 17.2 Å². The van der Waals surface area contributed by atoms with Crippen LogP contribution in [-0.2, 0) is 0 Å². The summed E-state index contributed by atoms with van der Waals surface area (Å²) in [4.78, 5) is 4.45. The van der Waals surface area contributed by atoms with Crippen molar-refractivity contribution < 1.29 is 19.3 Å². The van der Waals surface area contributed by atoms with Crippen molar-refractivity contribution in [2.24, 2.45) is 4.99 Å². The number of halogens is 1. The fraction of sp³-hybridized carbons (Fsp3) is 0.409. The minimum Gasteiger partial charge on any atom is -0.493 e. The number of hydrogen-bond donors (Lipinski definition) is 3. The molecule has 3 N–H and O–H groups in total. The summed E-state index contributed by atoms with van der Waals surface area (Å²) in [7, 11) is 1.60. The molecule has 8 heteroatoms. The predicted molar refractivity (Wildman–Crippen MR) is 132 cm³/mol. The maximum absolute atomic E-state index is 10.2. The van der Waals surface area contributed by atoms with Crippen molar-refractivity contribution in [2.45, 2.75) is 26.9 Å². The van der Waals surface area contributed by atoms with Gasteiger partial charge in [-0.05, 0) is 50.6 Å². The zero-order valence-electron chi connectivity index (χ0n) is 18.0. The second kappa shape index (κ2) is 13.9.